The van der Waals surface area contributed by atoms with Gasteiger partial charge in [0.2, 0.25) is 0 Å². The van der Waals surface area contributed by atoms with Gasteiger partial charge in [-0.25, -0.2) is 0 Å². The Morgan fingerprint density at radius 3 is 1.67 bits per heavy atom. The number of nitrogens with zero attached hydrogens (tertiary/aromatic N) is 1. The van der Waals surface area contributed by atoms with E-state index in [1.54, 1.807) is 0 Å². The topological polar surface area (TPSA) is 37.0 Å². The van der Waals surface area contributed by atoms with Crippen molar-refractivity contribution in [2.45, 2.75) is 24.9 Å². The molecule has 0 bridgehead atoms. The molecule has 2 atom stereocenters. The highest BCUT2D eigenvalue weighted by molar-refractivity contribution is 5.85. The lowest BCUT2D eigenvalue weighted by Gasteiger charge is -2.37. The van der Waals surface area contributed by atoms with Crippen LogP contribution in [-0.4, -0.2) is 18.0 Å². The van der Waals surface area contributed by atoms with Crippen LogP contribution in [0.3, 0.4) is 0 Å². The van der Waals surface area contributed by atoms with Crippen LogP contribution in [0, 0.1) is 0 Å². The van der Waals surface area contributed by atoms with E-state index in [0.29, 0.717) is 12.1 Å². The van der Waals surface area contributed by atoms with Crippen molar-refractivity contribution < 1.29 is 10.1 Å². The van der Waals surface area contributed by atoms with Gasteiger partial charge in [0, 0.05) is 24.0 Å². The van der Waals surface area contributed by atoms with Crippen LogP contribution in [0.4, 0.5) is 0 Å². The zero-order valence-corrected chi connectivity index (χ0v) is 12.2. The van der Waals surface area contributed by atoms with Crippen LogP contribution in [0.15, 0.2) is 65.8 Å². The Hall–Kier alpha value is -2.13. The smallest absolute Gasteiger partial charge is 0.119 e. The van der Waals surface area contributed by atoms with Crippen molar-refractivity contribution in [2.75, 3.05) is 7.05 Å². The second-order valence-corrected chi connectivity index (χ2v) is 5.75. The van der Waals surface area contributed by atoms with Crippen LogP contribution in [0.2, 0.25) is 0 Å². The van der Waals surface area contributed by atoms with E-state index in [9.17, 15) is 5.21 Å². The Bertz CT molecular complexity index is 558. The van der Waals surface area contributed by atoms with Gasteiger partial charge in [-0.2, -0.15) is 0 Å². The number of oxime groups is 1. The zero-order chi connectivity index (χ0) is 14.7. The molecule has 0 spiro atoms. The molecule has 3 rings (SSSR count). The second-order valence-electron chi connectivity index (χ2n) is 5.75. The number of quaternary nitrogens is 1. The molecule has 0 unspecified atom stereocenters. The van der Waals surface area contributed by atoms with E-state index >= 15 is 0 Å². The van der Waals surface area contributed by atoms with E-state index in [2.05, 4.69) is 60.7 Å². The minimum absolute atomic E-state index is 0.330. The van der Waals surface area contributed by atoms with Gasteiger partial charge in [0.15, 0.2) is 0 Å². The summed E-state index contributed by atoms with van der Waals surface area (Å²) >= 11 is 0. The molecule has 1 aliphatic rings. The molecule has 0 amide bonds. The summed E-state index contributed by atoms with van der Waals surface area (Å²) in [6.45, 7) is 0. The number of nitrogens with one attached hydrogen (secondary N) is 1. The summed E-state index contributed by atoms with van der Waals surface area (Å²) in [7, 11) is 2.24. The first-order valence-electron chi connectivity index (χ1n) is 7.42. The molecule has 2 aromatic carbocycles. The molecule has 1 aliphatic heterocycles. The molecule has 1 fully saturated rings. The van der Waals surface area contributed by atoms with Crippen LogP contribution in [0.25, 0.3) is 0 Å². The van der Waals surface area contributed by atoms with E-state index in [4.69, 9.17) is 0 Å². The Morgan fingerprint density at radius 1 is 0.857 bits per heavy atom. The van der Waals surface area contributed by atoms with Crippen molar-refractivity contribution in [3.63, 3.8) is 0 Å². The fourth-order valence-corrected chi connectivity index (χ4v) is 3.33. The van der Waals surface area contributed by atoms with Crippen molar-refractivity contribution in [3.05, 3.63) is 71.8 Å². The number of benzene rings is 2. The number of rotatable bonds is 2. The van der Waals surface area contributed by atoms with Gasteiger partial charge in [-0.05, 0) is 0 Å². The summed E-state index contributed by atoms with van der Waals surface area (Å²) in [5.41, 5.74) is 3.50. The highest BCUT2D eigenvalue weighted by Gasteiger charge is 2.36. The summed E-state index contributed by atoms with van der Waals surface area (Å²) in [6, 6.07) is 21.7. The van der Waals surface area contributed by atoms with Gasteiger partial charge in [0.25, 0.3) is 0 Å². The predicted molar refractivity (Wildman–Crippen MR) is 83.7 cm³/mol. The molecule has 0 radical (unpaired) electrons. The van der Waals surface area contributed by atoms with Crippen LogP contribution >= 0.6 is 0 Å². The lowest BCUT2D eigenvalue weighted by atomic mass is 9.87. The maximum atomic E-state index is 9.29. The minimum atomic E-state index is 0.330. The molecule has 0 aliphatic carbocycles. The molecule has 2 aromatic rings. The third-order valence-electron chi connectivity index (χ3n) is 4.52. The van der Waals surface area contributed by atoms with Crippen LogP contribution in [-0.2, 0) is 0 Å². The Morgan fingerprint density at radius 2 is 1.29 bits per heavy atom. The molecular formula is C18H21N2O+. The van der Waals surface area contributed by atoms with E-state index in [1.165, 1.54) is 16.0 Å². The van der Waals surface area contributed by atoms with Gasteiger partial charge in [0.1, 0.15) is 12.1 Å². The molecule has 3 nitrogen and oxygen atoms in total. The van der Waals surface area contributed by atoms with Gasteiger partial charge < -0.3 is 10.1 Å². The normalized spacial score (nSPS) is 25.6. The third kappa shape index (κ3) is 2.83. The number of hydrogen-bond acceptors (Lipinski definition) is 2. The number of likely N-dealkylation sites (tertiary alicyclic amines) is 1. The van der Waals surface area contributed by atoms with E-state index in [-0.39, 0.29) is 0 Å². The molecule has 2 N–H and O–H groups in total. The second kappa shape index (κ2) is 6.10. The minimum Gasteiger partial charge on any atom is -0.411 e. The predicted octanol–water partition coefficient (Wildman–Crippen LogP) is 2.61. The first-order valence-corrected chi connectivity index (χ1v) is 7.42. The van der Waals surface area contributed by atoms with Gasteiger partial charge in [-0.1, -0.05) is 65.8 Å². The lowest BCUT2D eigenvalue weighted by Crippen LogP contribution is -3.10. The highest BCUT2D eigenvalue weighted by atomic mass is 16.4. The summed E-state index contributed by atoms with van der Waals surface area (Å²) in [6.07, 6.45) is 1.63. The number of piperidine rings is 1. The fourth-order valence-electron chi connectivity index (χ4n) is 3.33. The van der Waals surface area contributed by atoms with Crippen LogP contribution in [0.5, 0.6) is 0 Å². The molecular weight excluding hydrogens is 260 g/mol. The molecule has 0 saturated carbocycles. The SMILES string of the molecule is C[NH+]1[C@H](c2ccccc2)CC(=NO)C[C@H]1c1ccccc1. The van der Waals surface area contributed by atoms with Crippen LogP contribution in [0.1, 0.15) is 36.1 Å². The first-order chi connectivity index (χ1) is 10.3. The molecule has 1 saturated heterocycles. The van der Waals surface area contributed by atoms with Crippen LogP contribution < -0.4 is 4.90 Å². The third-order valence-corrected chi connectivity index (χ3v) is 4.52. The maximum absolute atomic E-state index is 9.29. The summed E-state index contributed by atoms with van der Waals surface area (Å²) in [5, 5.41) is 12.8. The van der Waals surface area contributed by atoms with Gasteiger partial charge in [-0.15, -0.1) is 0 Å². The number of hydrogen-bond donors (Lipinski definition) is 2. The highest BCUT2D eigenvalue weighted by Crippen LogP contribution is 2.26. The average Bonchev–Trinajstić information content (AvgIpc) is 2.57. The van der Waals surface area contributed by atoms with Gasteiger partial charge in [0.05, 0.1) is 12.8 Å². The first kappa shape index (κ1) is 13.8. The molecule has 3 heteroatoms. The molecule has 1 heterocycles. The average molecular weight is 281 g/mol. The summed E-state index contributed by atoms with van der Waals surface area (Å²) in [4.78, 5) is 1.46. The Balaban J connectivity index is 1.95. The van der Waals surface area contributed by atoms with Crippen molar-refractivity contribution in [1.82, 2.24) is 0 Å². The molecule has 108 valence electrons. The Labute approximate surface area is 125 Å². The monoisotopic (exact) mass is 281 g/mol. The van der Waals surface area contributed by atoms with Crippen molar-refractivity contribution in [1.29, 1.82) is 0 Å². The largest absolute Gasteiger partial charge is 0.411 e. The van der Waals surface area contributed by atoms with Gasteiger partial charge >= 0.3 is 0 Å². The standard InChI is InChI=1S/C18H20N2O/c1-20-17(14-8-4-2-5-9-14)12-16(19-21)13-18(20)15-10-6-3-7-11-15/h2-11,17-18,21H,12-13H2,1H3/p+1/t17-,18-/m0/s1. The van der Waals surface area contributed by atoms with Gasteiger partial charge in [-0.3, -0.25) is 0 Å². The molecule has 0 aromatic heterocycles. The Kier molecular flexibility index (Phi) is 4.02. The van der Waals surface area contributed by atoms with Crippen molar-refractivity contribution in [3.8, 4) is 0 Å². The van der Waals surface area contributed by atoms with E-state index in [0.717, 1.165) is 18.6 Å². The van der Waals surface area contributed by atoms with E-state index < -0.39 is 0 Å². The summed E-state index contributed by atoms with van der Waals surface area (Å²) < 4.78 is 0. The molecule has 21 heavy (non-hydrogen) atoms. The zero-order valence-electron chi connectivity index (χ0n) is 12.2. The van der Waals surface area contributed by atoms with Crippen molar-refractivity contribution >= 4 is 5.71 Å². The lowest BCUT2D eigenvalue weighted by molar-refractivity contribution is -0.945. The van der Waals surface area contributed by atoms with Crippen molar-refractivity contribution in [2.24, 2.45) is 5.16 Å². The quantitative estimate of drug-likeness (QED) is 0.644. The fraction of sp³-hybridized carbons (Fsp3) is 0.278. The maximum Gasteiger partial charge on any atom is 0.119 e. The van der Waals surface area contributed by atoms with E-state index in [1.807, 2.05) is 12.1 Å². The summed E-state index contributed by atoms with van der Waals surface area (Å²) in [5.74, 6) is 0.